The fourth-order valence-corrected chi connectivity index (χ4v) is 10.1. The summed E-state index contributed by atoms with van der Waals surface area (Å²) in [6.45, 7) is 7.11. The van der Waals surface area contributed by atoms with Gasteiger partial charge >= 0.3 is 0 Å². The van der Waals surface area contributed by atoms with Gasteiger partial charge in [-0.05, 0) is 82.8 Å². The van der Waals surface area contributed by atoms with Gasteiger partial charge in [0.2, 0.25) is 0 Å². The van der Waals surface area contributed by atoms with Gasteiger partial charge in [-0.25, -0.2) is 0 Å². The van der Waals surface area contributed by atoms with E-state index in [-0.39, 0.29) is 5.41 Å². The molecule has 262 valence electrons. The monoisotopic (exact) mass is 706 g/mol. The van der Waals surface area contributed by atoms with Crippen LogP contribution in [0.3, 0.4) is 0 Å². The van der Waals surface area contributed by atoms with E-state index >= 15 is 0 Å². The first-order valence-corrected chi connectivity index (χ1v) is 19.5. The van der Waals surface area contributed by atoms with Crippen molar-refractivity contribution in [2.24, 2.45) is 0 Å². The van der Waals surface area contributed by atoms with E-state index in [4.69, 9.17) is 4.42 Å². The maximum Gasteiger partial charge on any atom is 0.143 e. The van der Waals surface area contributed by atoms with Crippen LogP contribution >= 0.6 is 0 Å². The Morgan fingerprint density at radius 2 is 1.25 bits per heavy atom. The highest BCUT2D eigenvalue weighted by Gasteiger charge is 2.38. The Balaban J connectivity index is 1.07. The van der Waals surface area contributed by atoms with Crippen molar-refractivity contribution in [1.82, 2.24) is 9.13 Å². The van der Waals surface area contributed by atoms with Crippen LogP contribution in [0.4, 0.5) is 0 Å². The standard InChI is InChI=1S/C52H38N2O/c1-31-12-11-17-40-38-24-21-33(32-20-23-37-36-15-7-9-18-45(36)53(46(37)28-32)34-13-5-4-6-14-34)29-47(38)54(50(31)40)35-22-25-42-44(30-35)52(2,3)43-27-26-41-39-16-8-10-19-48(39)55-51(41)49(42)43/h4-11,13-31H,12H2,1-3H3. The van der Waals surface area contributed by atoms with Crippen molar-refractivity contribution in [1.29, 1.82) is 0 Å². The predicted octanol–water partition coefficient (Wildman–Crippen LogP) is 14.1. The highest BCUT2D eigenvalue weighted by molar-refractivity contribution is 6.12. The van der Waals surface area contributed by atoms with Crippen molar-refractivity contribution in [3.63, 3.8) is 0 Å². The zero-order valence-electron chi connectivity index (χ0n) is 31.1. The van der Waals surface area contributed by atoms with E-state index in [0.29, 0.717) is 5.92 Å². The molecule has 1 atom stereocenters. The number of benzene rings is 7. The first kappa shape index (κ1) is 30.8. The Hall–Kier alpha value is -6.58. The number of hydrogen-bond acceptors (Lipinski definition) is 1. The van der Waals surface area contributed by atoms with Crippen LogP contribution in [0.25, 0.3) is 94.4 Å². The number of allylic oxidation sites excluding steroid dienone is 1. The largest absolute Gasteiger partial charge is 0.455 e. The molecule has 12 rings (SSSR count). The number of rotatable bonds is 3. The smallest absolute Gasteiger partial charge is 0.143 e. The van der Waals surface area contributed by atoms with Gasteiger partial charge in [0, 0.05) is 66.5 Å². The molecule has 0 aliphatic heterocycles. The van der Waals surface area contributed by atoms with Crippen molar-refractivity contribution in [2.45, 2.75) is 38.5 Å². The van der Waals surface area contributed by atoms with E-state index < -0.39 is 0 Å². The fraction of sp³-hybridized carbons (Fsp3) is 0.115. The third-order valence-corrected chi connectivity index (χ3v) is 12.7. The molecule has 3 aromatic heterocycles. The maximum absolute atomic E-state index is 6.61. The number of fused-ring (bicyclic) bond motifs is 13. The lowest BCUT2D eigenvalue weighted by atomic mass is 9.82. The van der Waals surface area contributed by atoms with Crippen molar-refractivity contribution in [3.8, 4) is 33.6 Å². The minimum absolute atomic E-state index is 0.180. The summed E-state index contributed by atoms with van der Waals surface area (Å²) in [7, 11) is 0. The summed E-state index contributed by atoms with van der Waals surface area (Å²) in [5.41, 5.74) is 18.2. The zero-order valence-corrected chi connectivity index (χ0v) is 31.1. The Kier molecular flexibility index (Phi) is 6.16. The zero-order chi connectivity index (χ0) is 36.6. The number of nitrogens with zero attached hydrogens (tertiary/aromatic N) is 2. The van der Waals surface area contributed by atoms with Crippen LogP contribution in [0.5, 0.6) is 0 Å². The molecule has 10 aromatic rings. The summed E-state index contributed by atoms with van der Waals surface area (Å²) in [5.74, 6) is 0.391. The van der Waals surface area contributed by atoms with Crippen molar-refractivity contribution < 1.29 is 4.42 Å². The minimum Gasteiger partial charge on any atom is -0.455 e. The Bertz CT molecular complexity index is 3270. The van der Waals surface area contributed by atoms with Crippen LogP contribution in [0, 0.1) is 0 Å². The number of para-hydroxylation sites is 3. The lowest BCUT2D eigenvalue weighted by molar-refractivity contribution is 0.652. The first-order chi connectivity index (χ1) is 27.0. The van der Waals surface area contributed by atoms with Crippen molar-refractivity contribution in [3.05, 3.63) is 174 Å². The topological polar surface area (TPSA) is 23.0 Å². The van der Waals surface area contributed by atoms with Gasteiger partial charge in [-0.2, -0.15) is 0 Å². The molecule has 55 heavy (non-hydrogen) atoms. The molecule has 0 fully saturated rings. The van der Waals surface area contributed by atoms with E-state index in [1.165, 1.54) is 99.5 Å². The summed E-state index contributed by atoms with van der Waals surface area (Å²) in [6.07, 6.45) is 5.73. The summed E-state index contributed by atoms with van der Waals surface area (Å²) >= 11 is 0. The Morgan fingerprint density at radius 1 is 0.564 bits per heavy atom. The molecule has 7 aromatic carbocycles. The van der Waals surface area contributed by atoms with E-state index in [0.717, 1.165) is 17.6 Å². The van der Waals surface area contributed by atoms with Gasteiger partial charge in [0.25, 0.3) is 0 Å². The summed E-state index contributed by atoms with van der Waals surface area (Å²) in [6, 6.07) is 53.7. The first-order valence-electron chi connectivity index (χ1n) is 19.5. The van der Waals surface area contributed by atoms with Crippen LogP contribution in [0.1, 0.15) is 55.5 Å². The minimum atomic E-state index is -0.180. The quantitative estimate of drug-likeness (QED) is 0.179. The molecule has 0 radical (unpaired) electrons. The van der Waals surface area contributed by atoms with E-state index in [1.807, 2.05) is 0 Å². The van der Waals surface area contributed by atoms with Crippen LogP contribution in [0.2, 0.25) is 0 Å². The number of hydrogen-bond donors (Lipinski definition) is 0. The van der Waals surface area contributed by atoms with Crippen LogP contribution in [0.15, 0.2) is 156 Å². The molecule has 0 bridgehead atoms. The SMILES string of the molecule is CC1CC=Cc2c1n(-c1ccc3c(c1)C(C)(C)c1ccc4c(oc5ccccc54)c1-3)c1cc(-c3ccc4c5ccccc5n(-c5ccccc5)c4c3)ccc21. The van der Waals surface area contributed by atoms with E-state index in [2.05, 4.69) is 188 Å². The average Bonchev–Trinajstić information content (AvgIpc) is 3.93. The number of aromatic nitrogens is 2. The molecule has 3 heteroatoms. The Morgan fingerprint density at radius 3 is 2.09 bits per heavy atom. The second kappa shape index (κ2) is 11.0. The lowest BCUT2D eigenvalue weighted by Gasteiger charge is -2.24. The molecule has 0 spiro atoms. The third kappa shape index (κ3) is 4.16. The van der Waals surface area contributed by atoms with Gasteiger partial charge in [-0.15, -0.1) is 0 Å². The van der Waals surface area contributed by atoms with Crippen molar-refractivity contribution >= 4 is 60.7 Å². The molecule has 2 aliphatic rings. The molecule has 0 amide bonds. The molecule has 3 heterocycles. The van der Waals surface area contributed by atoms with Gasteiger partial charge < -0.3 is 13.6 Å². The van der Waals surface area contributed by atoms with Gasteiger partial charge in [-0.1, -0.05) is 130 Å². The highest BCUT2D eigenvalue weighted by Crippen LogP contribution is 2.53. The molecule has 0 N–H and O–H groups in total. The van der Waals surface area contributed by atoms with Crippen LogP contribution < -0.4 is 0 Å². The van der Waals surface area contributed by atoms with Gasteiger partial charge in [0.05, 0.1) is 16.6 Å². The second-order valence-electron chi connectivity index (χ2n) is 16.1. The summed E-state index contributed by atoms with van der Waals surface area (Å²) < 4.78 is 11.6. The molecule has 2 aliphatic carbocycles. The van der Waals surface area contributed by atoms with E-state index in [9.17, 15) is 0 Å². The lowest BCUT2D eigenvalue weighted by Crippen LogP contribution is -2.15. The molecule has 3 nitrogen and oxygen atoms in total. The van der Waals surface area contributed by atoms with Gasteiger partial charge in [-0.3, -0.25) is 0 Å². The van der Waals surface area contributed by atoms with Crippen LogP contribution in [-0.4, -0.2) is 9.13 Å². The molecule has 1 unspecified atom stereocenters. The molecular formula is C52H38N2O. The van der Waals surface area contributed by atoms with Gasteiger partial charge in [0.15, 0.2) is 0 Å². The van der Waals surface area contributed by atoms with Crippen molar-refractivity contribution in [2.75, 3.05) is 0 Å². The molecular weight excluding hydrogens is 669 g/mol. The molecule has 0 saturated carbocycles. The highest BCUT2D eigenvalue weighted by atomic mass is 16.3. The average molecular weight is 707 g/mol. The fourth-order valence-electron chi connectivity index (χ4n) is 10.1. The molecule has 0 saturated heterocycles. The number of furan rings is 1. The normalized spacial score (nSPS) is 15.7. The van der Waals surface area contributed by atoms with Gasteiger partial charge in [0.1, 0.15) is 11.2 Å². The van der Waals surface area contributed by atoms with Crippen LogP contribution in [-0.2, 0) is 5.41 Å². The summed E-state index contributed by atoms with van der Waals surface area (Å²) in [4.78, 5) is 0. The Labute approximate surface area is 319 Å². The predicted molar refractivity (Wildman–Crippen MR) is 230 cm³/mol. The third-order valence-electron chi connectivity index (χ3n) is 12.7. The summed E-state index contributed by atoms with van der Waals surface area (Å²) in [5, 5.41) is 6.19. The van der Waals surface area contributed by atoms with E-state index in [1.54, 1.807) is 0 Å². The second-order valence-corrected chi connectivity index (χ2v) is 16.1. The maximum atomic E-state index is 6.61.